The molecule has 2 nitrogen and oxygen atoms in total. The Labute approximate surface area is 102 Å². The van der Waals surface area contributed by atoms with Crippen molar-refractivity contribution in [2.75, 3.05) is 30.8 Å². The number of rotatable bonds is 5. The number of hydrogen-bond acceptors (Lipinski definition) is 3. The molecule has 0 bridgehead atoms. The first-order chi connectivity index (χ1) is 7.73. The summed E-state index contributed by atoms with van der Waals surface area (Å²) in [6.45, 7) is 7.20. The zero-order valence-electron chi connectivity index (χ0n) is 9.95. The lowest BCUT2D eigenvalue weighted by atomic mass is 9.89. The molecule has 88 valence electrons. The van der Waals surface area contributed by atoms with Gasteiger partial charge in [-0.15, -0.1) is 11.8 Å². The average molecular weight is 237 g/mol. The van der Waals surface area contributed by atoms with Crippen LogP contribution in [0.2, 0.25) is 0 Å². The molecule has 1 saturated heterocycles. The molecule has 2 rings (SSSR count). The summed E-state index contributed by atoms with van der Waals surface area (Å²) >= 11 is 1.88. The van der Waals surface area contributed by atoms with Crippen LogP contribution < -0.4 is 5.32 Å². The van der Waals surface area contributed by atoms with E-state index in [1.165, 1.54) is 10.6 Å². The summed E-state index contributed by atoms with van der Waals surface area (Å²) in [4.78, 5) is 1.34. The first-order valence-corrected chi connectivity index (χ1v) is 6.75. The van der Waals surface area contributed by atoms with Crippen molar-refractivity contribution in [1.82, 2.24) is 0 Å². The minimum atomic E-state index is 0.323. The summed E-state index contributed by atoms with van der Waals surface area (Å²) in [5.41, 5.74) is 1.58. The number of para-hydroxylation sites is 1. The molecule has 0 radical (unpaired) electrons. The van der Waals surface area contributed by atoms with E-state index in [2.05, 4.69) is 43.4 Å². The minimum absolute atomic E-state index is 0.323. The smallest absolute Gasteiger partial charge is 0.0559 e. The number of hydrogen-bond donors (Lipinski definition) is 1. The zero-order chi connectivity index (χ0) is 11.4. The molecule has 0 unspecified atom stereocenters. The molecular formula is C13H19NOS. The molecule has 3 heteroatoms. The fourth-order valence-electron chi connectivity index (χ4n) is 1.76. The van der Waals surface area contributed by atoms with Crippen LogP contribution in [0.4, 0.5) is 5.69 Å². The van der Waals surface area contributed by atoms with Gasteiger partial charge in [-0.05, 0) is 17.9 Å². The van der Waals surface area contributed by atoms with Crippen molar-refractivity contribution in [3.8, 4) is 0 Å². The van der Waals surface area contributed by atoms with Gasteiger partial charge < -0.3 is 10.1 Å². The molecule has 1 aliphatic heterocycles. The highest BCUT2D eigenvalue weighted by molar-refractivity contribution is 7.99. The van der Waals surface area contributed by atoms with E-state index in [1.807, 2.05) is 11.8 Å². The van der Waals surface area contributed by atoms with E-state index >= 15 is 0 Å². The van der Waals surface area contributed by atoms with E-state index in [-0.39, 0.29) is 0 Å². The van der Waals surface area contributed by atoms with Crippen molar-refractivity contribution in [1.29, 1.82) is 0 Å². The molecule has 0 aliphatic carbocycles. The Morgan fingerprint density at radius 2 is 2.12 bits per heavy atom. The quantitative estimate of drug-likeness (QED) is 0.794. The van der Waals surface area contributed by atoms with Gasteiger partial charge in [0.2, 0.25) is 0 Å². The molecule has 16 heavy (non-hydrogen) atoms. The summed E-state index contributed by atoms with van der Waals surface area (Å²) in [5, 5.41) is 3.54. The van der Waals surface area contributed by atoms with Crippen molar-refractivity contribution in [2.45, 2.75) is 18.7 Å². The summed E-state index contributed by atoms with van der Waals surface area (Å²) < 4.78 is 5.26. The van der Waals surface area contributed by atoms with Gasteiger partial charge in [-0.3, -0.25) is 0 Å². The van der Waals surface area contributed by atoms with Crippen LogP contribution >= 0.6 is 11.8 Å². The molecule has 1 aromatic rings. The molecule has 0 amide bonds. The van der Waals surface area contributed by atoms with Crippen LogP contribution in [0.5, 0.6) is 0 Å². The monoisotopic (exact) mass is 237 g/mol. The lowest BCUT2D eigenvalue weighted by Crippen LogP contribution is -2.45. The molecule has 0 saturated carbocycles. The maximum atomic E-state index is 5.26. The number of nitrogens with one attached hydrogen (secondary N) is 1. The van der Waals surface area contributed by atoms with Gasteiger partial charge in [0.1, 0.15) is 0 Å². The van der Waals surface area contributed by atoms with Crippen LogP contribution in [-0.2, 0) is 4.74 Å². The highest BCUT2D eigenvalue weighted by atomic mass is 32.2. The third-order valence-corrected chi connectivity index (χ3v) is 3.75. The van der Waals surface area contributed by atoms with E-state index in [1.54, 1.807) is 0 Å². The highest BCUT2D eigenvalue weighted by Gasteiger charge is 2.33. The third-order valence-electron chi connectivity index (χ3n) is 2.79. The second-order valence-corrected chi connectivity index (χ2v) is 5.89. The fraction of sp³-hybridized carbons (Fsp3) is 0.538. The molecule has 0 spiro atoms. The predicted octanol–water partition coefficient (Wildman–Crippen LogP) is 3.25. The first-order valence-electron chi connectivity index (χ1n) is 5.77. The SMILES string of the molecule is CCSc1ccccc1NCC1(C)COC1. The minimum Gasteiger partial charge on any atom is -0.383 e. The van der Waals surface area contributed by atoms with Gasteiger partial charge in [0.05, 0.1) is 13.2 Å². The van der Waals surface area contributed by atoms with Gasteiger partial charge in [-0.25, -0.2) is 0 Å². The molecular weight excluding hydrogens is 218 g/mol. The van der Waals surface area contributed by atoms with Gasteiger partial charge in [-0.1, -0.05) is 26.0 Å². The third kappa shape index (κ3) is 2.71. The lowest BCUT2D eigenvalue weighted by Gasteiger charge is -2.38. The Balaban J connectivity index is 1.97. The van der Waals surface area contributed by atoms with E-state index in [0.29, 0.717) is 5.41 Å². The van der Waals surface area contributed by atoms with Crippen LogP contribution in [0.1, 0.15) is 13.8 Å². The zero-order valence-corrected chi connectivity index (χ0v) is 10.8. The summed E-state index contributed by atoms with van der Waals surface area (Å²) in [6.07, 6.45) is 0. The molecule has 1 aromatic carbocycles. The Morgan fingerprint density at radius 1 is 1.38 bits per heavy atom. The summed E-state index contributed by atoms with van der Waals surface area (Å²) in [5.74, 6) is 1.11. The van der Waals surface area contributed by atoms with E-state index in [0.717, 1.165) is 25.5 Å². The molecule has 1 N–H and O–H groups in total. The number of ether oxygens (including phenoxy) is 1. The van der Waals surface area contributed by atoms with Crippen molar-refractivity contribution in [3.05, 3.63) is 24.3 Å². The van der Waals surface area contributed by atoms with Gasteiger partial charge >= 0.3 is 0 Å². The Kier molecular flexibility index (Phi) is 3.77. The maximum absolute atomic E-state index is 5.26. The second kappa shape index (κ2) is 5.11. The second-order valence-electron chi connectivity index (χ2n) is 4.59. The average Bonchev–Trinajstić information content (AvgIpc) is 2.26. The van der Waals surface area contributed by atoms with Crippen LogP contribution in [-0.4, -0.2) is 25.5 Å². The van der Waals surface area contributed by atoms with Crippen LogP contribution in [0.3, 0.4) is 0 Å². The number of thioether (sulfide) groups is 1. The summed E-state index contributed by atoms with van der Waals surface area (Å²) in [6, 6.07) is 8.51. The first kappa shape index (κ1) is 11.8. The molecule has 1 aliphatic rings. The maximum Gasteiger partial charge on any atom is 0.0559 e. The normalized spacial score (nSPS) is 17.9. The van der Waals surface area contributed by atoms with E-state index < -0.39 is 0 Å². The van der Waals surface area contributed by atoms with Gasteiger partial charge in [0.25, 0.3) is 0 Å². The largest absolute Gasteiger partial charge is 0.383 e. The Hall–Kier alpha value is -0.670. The number of benzene rings is 1. The Morgan fingerprint density at radius 3 is 2.75 bits per heavy atom. The van der Waals surface area contributed by atoms with Crippen molar-refractivity contribution in [3.63, 3.8) is 0 Å². The topological polar surface area (TPSA) is 21.3 Å². The van der Waals surface area contributed by atoms with Crippen molar-refractivity contribution >= 4 is 17.4 Å². The van der Waals surface area contributed by atoms with Gasteiger partial charge in [-0.2, -0.15) is 0 Å². The highest BCUT2D eigenvalue weighted by Crippen LogP contribution is 2.30. The predicted molar refractivity (Wildman–Crippen MR) is 70.3 cm³/mol. The molecule has 1 heterocycles. The standard InChI is InChI=1S/C13H19NOS/c1-3-16-12-7-5-4-6-11(12)14-8-13(2)9-15-10-13/h4-7,14H,3,8-10H2,1-2H3. The van der Waals surface area contributed by atoms with E-state index in [9.17, 15) is 0 Å². The number of anilines is 1. The van der Waals surface area contributed by atoms with Crippen LogP contribution in [0, 0.1) is 5.41 Å². The Bertz CT molecular complexity index is 350. The fourth-order valence-corrected chi connectivity index (χ4v) is 2.54. The molecule has 0 aromatic heterocycles. The summed E-state index contributed by atoms with van der Waals surface area (Å²) in [7, 11) is 0. The molecule has 1 fully saturated rings. The molecule has 0 atom stereocenters. The van der Waals surface area contributed by atoms with E-state index in [4.69, 9.17) is 4.74 Å². The van der Waals surface area contributed by atoms with Gasteiger partial charge in [0.15, 0.2) is 0 Å². The lowest BCUT2D eigenvalue weighted by molar-refractivity contribution is -0.0924. The van der Waals surface area contributed by atoms with Crippen LogP contribution in [0.25, 0.3) is 0 Å². The van der Waals surface area contributed by atoms with Crippen LogP contribution in [0.15, 0.2) is 29.2 Å². The van der Waals surface area contributed by atoms with Crippen molar-refractivity contribution in [2.24, 2.45) is 5.41 Å². The van der Waals surface area contributed by atoms with Gasteiger partial charge in [0, 0.05) is 22.5 Å². The van der Waals surface area contributed by atoms with Crippen molar-refractivity contribution < 1.29 is 4.74 Å².